The van der Waals surface area contributed by atoms with Gasteiger partial charge in [-0.3, -0.25) is 4.79 Å². The van der Waals surface area contributed by atoms with Crippen LogP contribution in [0.2, 0.25) is 0 Å². The molecule has 0 unspecified atom stereocenters. The van der Waals surface area contributed by atoms with Gasteiger partial charge in [0.1, 0.15) is 0 Å². The first-order valence-corrected chi connectivity index (χ1v) is 7.85. The number of aliphatic hydroxyl groups excluding tert-OH is 2. The Morgan fingerprint density at radius 2 is 1.78 bits per heavy atom. The van der Waals surface area contributed by atoms with Crippen molar-refractivity contribution in [1.29, 1.82) is 0 Å². The lowest BCUT2D eigenvalue weighted by Gasteiger charge is -2.21. The molecular formula is C18H24N2O3. The molecule has 2 N–H and O–H groups in total. The summed E-state index contributed by atoms with van der Waals surface area (Å²) in [6, 6.07) is 11.8. The van der Waals surface area contributed by atoms with Crippen molar-refractivity contribution < 1.29 is 15.0 Å². The van der Waals surface area contributed by atoms with Crippen LogP contribution in [0.3, 0.4) is 0 Å². The van der Waals surface area contributed by atoms with E-state index in [-0.39, 0.29) is 25.7 Å². The molecule has 0 aliphatic carbocycles. The topological polar surface area (TPSA) is 65.7 Å². The predicted molar refractivity (Wildman–Crippen MR) is 89.9 cm³/mol. The van der Waals surface area contributed by atoms with Crippen LogP contribution < -0.4 is 0 Å². The molecule has 5 heteroatoms. The summed E-state index contributed by atoms with van der Waals surface area (Å²) < 4.78 is 2.05. The smallest absolute Gasteiger partial charge is 0.255 e. The summed E-state index contributed by atoms with van der Waals surface area (Å²) >= 11 is 0. The SMILES string of the molecule is Cc1cc(C(=O)N(CCO)CCCO)c(C)n1-c1ccccc1. The van der Waals surface area contributed by atoms with Crippen molar-refractivity contribution in [3.63, 3.8) is 0 Å². The van der Waals surface area contributed by atoms with Gasteiger partial charge in [0.15, 0.2) is 0 Å². The van der Waals surface area contributed by atoms with Crippen LogP contribution in [0.15, 0.2) is 36.4 Å². The van der Waals surface area contributed by atoms with Crippen LogP contribution >= 0.6 is 0 Å². The first-order valence-electron chi connectivity index (χ1n) is 7.85. The van der Waals surface area contributed by atoms with Crippen molar-refractivity contribution in [3.05, 3.63) is 53.3 Å². The zero-order chi connectivity index (χ0) is 16.8. The van der Waals surface area contributed by atoms with Crippen LogP contribution in [0.25, 0.3) is 5.69 Å². The highest BCUT2D eigenvalue weighted by Crippen LogP contribution is 2.22. The molecule has 0 aliphatic heterocycles. The van der Waals surface area contributed by atoms with Gasteiger partial charge in [-0.25, -0.2) is 0 Å². The quantitative estimate of drug-likeness (QED) is 0.820. The van der Waals surface area contributed by atoms with Crippen LogP contribution in [-0.4, -0.2) is 51.9 Å². The van der Waals surface area contributed by atoms with Gasteiger partial charge in [0.25, 0.3) is 5.91 Å². The van der Waals surface area contributed by atoms with Crippen LogP contribution in [0, 0.1) is 13.8 Å². The Morgan fingerprint density at radius 1 is 1.09 bits per heavy atom. The van der Waals surface area contributed by atoms with Crippen molar-refractivity contribution in [2.24, 2.45) is 0 Å². The van der Waals surface area contributed by atoms with Gasteiger partial charge in [0, 0.05) is 36.8 Å². The average Bonchev–Trinajstić information content (AvgIpc) is 2.86. The van der Waals surface area contributed by atoms with E-state index in [1.54, 1.807) is 4.90 Å². The summed E-state index contributed by atoms with van der Waals surface area (Å²) in [7, 11) is 0. The molecule has 1 heterocycles. The number of benzene rings is 1. The molecule has 2 rings (SSSR count). The molecule has 5 nitrogen and oxygen atoms in total. The lowest BCUT2D eigenvalue weighted by Crippen LogP contribution is -2.35. The highest BCUT2D eigenvalue weighted by Gasteiger charge is 2.21. The number of carbonyl (C=O) groups is 1. The summed E-state index contributed by atoms with van der Waals surface area (Å²) in [5.41, 5.74) is 3.53. The van der Waals surface area contributed by atoms with E-state index in [4.69, 9.17) is 5.11 Å². The number of rotatable bonds is 7. The number of aryl methyl sites for hydroxylation is 1. The molecule has 0 radical (unpaired) electrons. The van der Waals surface area contributed by atoms with E-state index in [1.165, 1.54) is 0 Å². The zero-order valence-electron chi connectivity index (χ0n) is 13.7. The maximum atomic E-state index is 12.8. The van der Waals surface area contributed by atoms with Crippen LogP contribution in [-0.2, 0) is 0 Å². The molecule has 0 atom stereocenters. The Kier molecular flexibility index (Phi) is 5.96. The van der Waals surface area contributed by atoms with Crippen LogP contribution in [0.5, 0.6) is 0 Å². The molecule has 1 aromatic heterocycles. The number of nitrogens with zero attached hydrogens (tertiary/aromatic N) is 2. The standard InChI is InChI=1S/C18H24N2O3/c1-14-13-17(18(23)19(10-12-22)9-6-11-21)15(2)20(14)16-7-4-3-5-8-16/h3-5,7-8,13,21-22H,6,9-12H2,1-2H3. The average molecular weight is 316 g/mol. The number of carbonyl (C=O) groups excluding carboxylic acids is 1. The lowest BCUT2D eigenvalue weighted by molar-refractivity contribution is 0.0709. The normalized spacial score (nSPS) is 10.8. The first-order chi connectivity index (χ1) is 11.1. The Bertz CT molecular complexity index is 650. The molecule has 1 amide bonds. The molecule has 0 bridgehead atoms. The van der Waals surface area contributed by atoms with Crippen molar-refractivity contribution in [1.82, 2.24) is 9.47 Å². The Labute approximate surface area is 136 Å². The van der Waals surface area contributed by atoms with Gasteiger partial charge < -0.3 is 19.7 Å². The molecule has 0 saturated heterocycles. The molecule has 1 aromatic carbocycles. The Morgan fingerprint density at radius 3 is 2.39 bits per heavy atom. The maximum Gasteiger partial charge on any atom is 0.255 e. The second-order valence-electron chi connectivity index (χ2n) is 5.55. The third-order valence-corrected chi connectivity index (χ3v) is 3.92. The second kappa shape index (κ2) is 7.94. The molecule has 0 spiro atoms. The zero-order valence-corrected chi connectivity index (χ0v) is 13.7. The summed E-state index contributed by atoms with van der Waals surface area (Å²) in [5, 5.41) is 18.2. The highest BCUT2D eigenvalue weighted by atomic mass is 16.3. The molecular weight excluding hydrogens is 292 g/mol. The van der Waals surface area contributed by atoms with Gasteiger partial charge >= 0.3 is 0 Å². The number of hydrogen-bond acceptors (Lipinski definition) is 3. The summed E-state index contributed by atoms with van der Waals surface area (Å²) in [6.07, 6.45) is 0.503. The van der Waals surface area contributed by atoms with Gasteiger partial charge in [-0.1, -0.05) is 18.2 Å². The Balaban J connectivity index is 2.34. The monoisotopic (exact) mass is 316 g/mol. The van der Waals surface area contributed by atoms with Crippen molar-refractivity contribution >= 4 is 5.91 Å². The fraction of sp³-hybridized carbons (Fsp3) is 0.389. The van der Waals surface area contributed by atoms with E-state index in [0.717, 1.165) is 17.1 Å². The predicted octanol–water partition coefficient (Wildman–Crippen LogP) is 1.91. The minimum atomic E-state index is -0.109. The van der Waals surface area contributed by atoms with E-state index in [2.05, 4.69) is 4.57 Å². The van der Waals surface area contributed by atoms with Crippen LogP contribution in [0.4, 0.5) is 0 Å². The number of hydrogen-bond donors (Lipinski definition) is 2. The summed E-state index contributed by atoms with van der Waals surface area (Å²) in [5.74, 6) is -0.109. The van der Waals surface area contributed by atoms with Gasteiger partial charge in [-0.2, -0.15) is 0 Å². The van der Waals surface area contributed by atoms with E-state index >= 15 is 0 Å². The van der Waals surface area contributed by atoms with Crippen molar-refractivity contribution in [2.75, 3.05) is 26.3 Å². The maximum absolute atomic E-state index is 12.8. The van der Waals surface area contributed by atoms with Gasteiger partial charge in [-0.05, 0) is 38.5 Å². The van der Waals surface area contributed by atoms with E-state index in [0.29, 0.717) is 18.5 Å². The van der Waals surface area contributed by atoms with Crippen LogP contribution in [0.1, 0.15) is 28.2 Å². The summed E-state index contributed by atoms with van der Waals surface area (Å²) in [6.45, 7) is 4.54. The first kappa shape index (κ1) is 17.2. The molecule has 2 aromatic rings. The molecule has 0 fully saturated rings. The molecule has 0 saturated carbocycles. The number of aromatic nitrogens is 1. The minimum absolute atomic E-state index is 0.0260. The summed E-state index contributed by atoms with van der Waals surface area (Å²) in [4.78, 5) is 14.4. The minimum Gasteiger partial charge on any atom is -0.396 e. The molecule has 124 valence electrons. The number of aliphatic hydroxyl groups is 2. The fourth-order valence-corrected chi connectivity index (χ4v) is 2.82. The number of para-hydroxylation sites is 1. The molecule has 0 aliphatic rings. The lowest BCUT2D eigenvalue weighted by atomic mass is 10.2. The number of amides is 1. The van der Waals surface area contributed by atoms with Gasteiger partial charge in [-0.15, -0.1) is 0 Å². The third kappa shape index (κ3) is 3.81. The Hall–Kier alpha value is -2.11. The van der Waals surface area contributed by atoms with E-state index in [9.17, 15) is 9.90 Å². The fourth-order valence-electron chi connectivity index (χ4n) is 2.82. The van der Waals surface area contributed by atoms with Crippen molar-refractivity contribution in [2.45, 2.75) is 20.3 Å². The van der Waals surface area contributed by atoms with E-state index < -0.39 is 0 Å². The van der Waals surface area contributed by atoms with Crippen molar-refractivity contribution in [3.8, 4) is 5.69 Å². The second-order valence-corrected chi connectivity index (χ2v) is 5.55. The van der Waals surface area contributed by atoms with Gasteiger partial charge in [0.05, 0.1) is 12.2 Å². The van der Waals surface area contributed by atoms with Gasteiger partial charge in [0.2, 0.25) is 0 Å². The third-order valence-electron chi connectivity index (χ3n) is 3.92. The highest BCUT2D eigenvalue weighted by molar-refractivity contribution is 5.96. The molecule has 23 heavy (non-hydrogen) atoms. The largest absolute Gasteiger partial charge is 0.396 e. The van der Waals surface area contributed by atoms with E-state index in [1.807, 2.05) is 50.2 Å².